The highest BCUT2D eigenvalue weighted by Crippen LogP contribution is 2.45. The third kappa shape index (κ3) is 5.30. The molecule has 35 heavy (non-hydrogen) atoms. The van der Waals surface area contributed by atoms with E-state index in [4.69, 9.17) is 9.72 Å². The summed E-state index contributed by atoms with van der Waals surface area (Å²) in [6.45, 7) is 11.2. The lowest BCUT2D eigenvalue weighted by molar-refractivity contribution is -0.118. The van der Waals surface area contributed by atoms with Crippen LogP contribution in [0.3, 0.4) is 0 Å². The Morgan fingerprint density at radius 3 is 2.46 bits per heavy atom. The molecule has 182 valence electrons. The predicted molar refractivity (Wildman–Crippen MR) is 138 cm³/mol. The van der Waals surface area contributed by atoms with Crippen LogP contribution in [0, 0.1) is 19.8 Å². The predicted octanol–water partition coefficient (Wildman–Crippen LogP) is 5.31. The smallest absolute Gasteiger partial charge is 0.247 e. The number of amides is 2. The summed E-state index contributed by atoms with van der Waals surface area (Å²) in [5, 5.41) is 12.1. The third-order valence-corrected chi connectivity index (χ3v) is 6.70. The van der Waals surface area contributed by atoms with Crippen molar-refractivity contribution >= 4 is 35.0 Å². The minimum Gasteiger partial charge on any atom is -0.447 e. The summed E-state index contributed by atoms with van der Waals surface area (Å²) in [4.78, 5) is 30.9. The standard InChI is InChI=1S/C26H29N5O3S/c1-14(2)13-35-26-28-24-22(29-30-26)21-12-15(3)11-16(4)23(21)31(18(6)33)25(34-24)19-7-9-20(10-8-19)27-17(5)32/h7-12,14,25H,13H2,1-6H3,(H,27,32). The summed E-state index contributed by atoms with van der Waals surface area (Å²) in [6.07, 6.45) is -0.778. The van der Waals surface area contributed by atoms with Gasteiger partial charge in [-0.05, 0) is 43.5 Å². The second-order valence-corrected chi connectivity index (χ2v) is 10.1. The van der Waals surface area contributed by atoms with E-state index < -0.39 is 6.23 Å². The maximum Gasteiger partial charge on any atom is 0.247 e. The first-order valence-electron chi connectivity index (χ1n) is 11.5. The van der Waals surface area contributed by atoms with E-state index in [0.717, 1.165) is 33.7 Å². The fraction of sp³-hybridized carbons (Fsp3) is 0.346. The summed E-state index contributed by atoms with van der Waals surface area (Å²) in [5.41, 5.74) is 5.34. The molecule has 1 N–H and O–H groups in total. The number of hydrogen-bond acceptors (Lipinski definition) is 7. The maximum absolute atomic E-state index is 13.1. The summed E-state index contributed by atoms with van der Waals surface area (Å²) < 4.78 is 6.45. The molecule has 1 aromatic heterocycles. The number of anilines is 2. The quantitative estimate of drug-likeness (QED) is 0.483. The number of nitrogens with zero attached hydrogens (tertiary/aromatic N) is 4. The lowest BCUT2D eigenvalue weighted by Crippen LogP contribution is -2.36. The van der Waals surface area contributed by atoms with E-state index in [-0.39, 0.29) is 11.8 Å². The van der Waals surface area contributed by atoms with Crippen LogP contribution in [-0.2, 0) is 9.59 Å². The van der Waals surface area contributed by atoms with Gasteiger partial charge in [-0.1, -0.05) is 49.4 Å². The first-order chi connectivity index (χ1) is 16.6. The summed E-state index contributed by atoms with van der Waals surface area (Å²) >= 11 is 1.52. The Morgan fingerprint density at radius 1 is 1.11 bits per heavy atom. The Hall–Kier alpha value is -3.46. The molecular weight excluding hydrogens is 462 g/mol. The van der Waals surface area contributed by atoms with Crippen LogP contribution < -0.4 is 15.0 Å². The van der Waals surface area contributed by atoms with Crippen molar-refractivity contribution in [3.8, 4) is 17.1 Å². The summed E-state index contributed by atoms with van der Waals surface area (Å²) in [7, 11) is 0. The van der Waals surface area contributed by atoms with Gasteiger partial charge in [0, 0.05) is 36.4 Å². The molecule has 1 aliphatic heterocycles. The van der Waals surface area contributed by atoms with Crippen LogP contribution in [0.4, 0.5) is 11.4 Å². The number of ether oxygens (including phenoxy) is 1. The van der Waals surface area contributed by atoms with Gasteiger partial charge in [0.15, 0.2) is 5.69 Å². The van der Waals surface area contributed by atoms with Gasteiger partial charge in [-0.3, -0.25) is 14.5 Å². The van der Waals surface area contributed by atoms with Crippen molar-refractivity contribution in [2.75, 3.05) is 16.0 Å². The van der Waals surface area contributed by atoms with Gasteiger partial charge in [0.25, 0.3) is 0 Å². The molecule has 0 aliphatic carbocycles. The molecule has 9 heteroatoms. The molecule has 4 rings (SSSR count). The molecule has 0 fully saturated rings. The minimum atomic E-state index is -0.778. The van der Waals surface area contributed by atoms with Crippen molar-refractivity contribution in [1.82, 2.24) is 15.2 Å². The zero-order chi connectivity index (χ0) is 25.3. The monoisotopic (exact) mass is 491 g/mol. The molecule has 2 amide bonds. The van der Waals surface area contributed by atoms with Crippen molar-refractivity contribution in [2.24, 2.45) is 5.92 Å². The average molecular weight is 492 g/mol. The number of rotatable bonds is 5. The molecular formula is C26H29N5O3S. The maximum atomic E-state index is 13.1. The van der Waals surface area contributed by atoms with Crippen LogP contribution in [0.1, 0.15) is 50.6 Å². The molecule has 2 heterocycles. The Labute approximate surface area is 209 Å². The van der Waals surface area contributed by atoms with Crippen molar-refractivity contribution in [3.05, 3.63) is 53.1 Å². The fourth-order valence-electron chi connectivity index (χ4n) is 4.06. The number of aromatic nitrogens is 3. The topological polar surface area (TPSA) is 97.3 Å². The van der Waals surface area contributed by atoms with Gasteiger partial charge in [0.2, 0.25) is 29.1 Å². The van der Waals surface area contributed by atoms with Crippen LogP contribution in [0.5, 0.6) is 5.88 Å². The van der Waals surface area contributed by atoms with E-state index in [1.165, 1.54) is 25.6 Å². The van der Waals surface area contributed by atoms with Crippen molar-refractivity contribution in [2.45, 2.75) is 52.9 Å². The Kier molecular flexibility index (Phi) is 7.07. The molecule has 0 radical (unpaired) electrons. The highest BCUT2D eigenvalue weighted by Gasteiger charge is 2.35. The van der Waals surface area contributed by atoms with Gasteiger partial charge in [0.1, 0.15) is 0 Å². The van der Waals surface area contributed by atoms with E-state index in [1.54, 1.807) is 17.0 Å². The SMILES string of the molecule is CC(=O)Nc1ccc(C2Oc3nc(SCC(C)C)nnc3-c3cc(C)cc(C)c3N2C(C)=O)cc1. The fourth-order valence-corrected chi connectivity index (χ4v) is 4.79. The molecule has 2 aromatic carbocycles. The van der Waals surface area contributed by atoms with Crippen molar-refractivity contribution in [1.29, 1.82) is 0 Å². The second-order valence-electron chi connectivity index (χ2n) is 9.09. The van der Waals surface area contributed by atoms with Crippen LogP contribution >= 0.6 is 11.8 Å². The van der Waals surface area contributed by atoms with Gasteiger partial charge < -0.3 is 10.1 Å². The number of carbonyl (C=O) groups is 2. The van der Waals surface area contributed by atoms with Crippen LogP contribution in [0.2, 0.25) is 0 Å². The minimum absolute atomic E-state index is 0.156. The van der Waals surface area contributed by atoms with Crippen molar-refractivity contribution < 1.29 is 14.3 Å². The number of benzene rings is 2. The molecule has 1 aliphatic rings. The molecule has 1 atom stereocenters. The van der Waals surface area contributed by atoms with E-state index in [9.17, 15) is 9.59 Å². The van der Waals surface area contributed by atoms with E-state index in [0.29, 0.717) is 28.3 Å². The van der Waals surface area contributed by atoms with Gasteiger partial charge in [-0.25, -0.2) is 0 Å². The van der Waals surface area contributed by atoms with Gasteiger partial charge >= 0.3 is 0 Å². The Bertz CT molecular complexity index is 1280. The molecule has 1 unspecified atom stereocenters. The van der Waals surface area contributed by atoms with Gasteiger partial charge in [-0.15, -0.1) is 10.2 Å². The molecule has 0 bridgehead atoms. The van der Waals surface area contributed by atoms with Gasteiger partial charge in [-0.2, -0.15) is 4.98 Å². The van der Waals surface area contributed by atoms with Crippen molar-refractivity contribution in [3.63, 3.8) is 0 Å². The number of nitrogens with one attached hydrogen (secondary N) is 1. The third-order valence-electron chi connectivity index (χ3n) is 5.44. The molecule has 0 spiro atoms. The zero-order valence-electron chi connectivity index (χ0n) is 20.7. The number of hydrogen-bond donors (Lipinski definition) is 1. The number of carbonyl (C=O) groups excluding carboxylic acids is 2. The second kappa shape index (κ2) is 10.0. The van der Waals surface area contributed by atoms with Gasteiger partial charge in [0.05, 0.1) is 5.69 Å². The molecule has 8 nitrogen and oxygen atoms in total. The Balaban J connectivity index is 1.88. The van der Waals surface area contributed by atoms with E-state index in [1.807, 2.05) is 38.1 Å². The summed E-state index contributed by atoms with van der Waals surface area (Å²) in [6, 6.07) is 11.3. The van der Waals surface area contributed by atoms with Crippen LogP contribution in [0.15, 0.2) is 41.6 Å². The lowest BCUT2D eigenvalue weighted by Gasteiger charge is -2.31. The average Bonchev–Trinajstić information content (AvgIpc) is 2.92. The van der Waals surface area contributed by atoms with E-state index in [2.05, 4.69) is 29.4 Å². The normalized spacial score (nSPS) is 14.6. The zero-order valence-corrected chi connectivity index (χ0v) is 21.6. The van der Waals surface area contributed by atoms with Crippen LogP contribution in [-0.4, -0.2) is 32.7 Å². The highest BCUT2D eigenvalue weighted by atomic mass is 32.2. The molecule has 3 aromatic rings. The highest BCUT2D eigenvalue weighted by molar-refractivity contribution is 7.99. The first kappa shape index (κ1) is 24.7. The largest absolute Gasteiger partial charge is 0.447 e. The first-order valence-corrected chi connectivity index (χ1v) is 12.5. The summed E-state index contributed by atoms with van der Waals surface area (Å²) in [5.74, 6) is 1.32. The van der Waals surface area contributed by atoms with Crippen LogP contribution in [0.25, 0.3) is 11.3 Å². The number of thioether (sulfide) groups is 1. The number of fused-ring (bicyclic) bond motifs is 3. The van der Waals surface area contributed by atoms with E-state index >= 15 is 0 Å². The Morgan fingerprint density at radius 2 is 1.83 bits per heavy atom. The number of aryl methyl sites for hydroxylation is 2. The lowest BCUT2D eigenvalue weighted by atomic mass is 10.00. The molecule has 0 saturated carbocycles. The molecule has 0 saturated heterocycles.